The average Bonchev–Trinajstić information content (AvgIpc) is 2.85. The summed E-state index contributed by atoms with van der Waals surface area (Å²) in [6.07, 6.45) is 0.426. The zero-order valence-corrected chi connectivity index (χ0v) is 20.5. The summed E-state index contributed by atoms with van der Waals surface area (Å²) in [6, 6.07) is 8.71. The number of aldehydes is 1. The number of thioether (sulfide) groups is 1. The molecule has 35 heavy (non-hydrogen) atoms. The highest BCUT2D eigenvalue weighted by Gasteiger charge is 2.66. The van der Waals surface area contributed by atoms with Crippen LogP contribution < -0.4 is 10.1 Å². The SMILES string of the molecule is COC1(NC(=O)COc2ccccc2)C(=O)N2C(C(=O)OCOC(=O)C(C)(C)C=O)=C(C)CS[C@H]21. The van der Waals surface area contributed by atoms with E-state index in [9.17, 15) is 24.0 Å². The lowest BCUT2D eigenvalue weighted by atomic mass is 9.97. The number of hydrogen-bond acceptors (Lipinski definition) is 10. The van der Waals surface area contributed by atoms with E-state index in [0.717, 1.165) is 0 Å². The van der Waals surface area contributed by atoms with Crippen molar-refractivity contribution in [3.63, 3.8) is 0 Å². The molecule has 0 aromatic heterocycles. The molecule has 0 radical (unpaired) electrons. The van der Waals surface area contributed by atoms with E-state index in [2.05, 4.69) is 5.32 Å². The fourth-order valence-corrected chi connectivity index (χ4v) is 4.76. The summed E-state index contributed by atoms with van der Waals surface area (Å²) in [4.78, 5) is 62.4. The number of fused-ring (bicyclic) bond motifs is 1. The molecule has 1 fully saturated rings. The number of esters is 2. The predicted molar refractivity (Wildman–Crippen MR) is 123 cm³/mol. The Morgan fingerprint density at radius 3 is 2.54 bits per heavy atom. The van der Waals surface area contributed by atoms with Crippen LogP contribution in [0.2, 0.25) is 0 Å². The monoisotopic (exact) mass is 506 g/mol. The molecule has 2 atom stereocenters. The number of hydrogen-bond donors (Lipinski definition) is 1. The third-order valence-electron chi connectivity index (χ3n) is 5.38. The molecular weight excluding hydrogens is 480 g/mol. The van der Waals surface area contributed by atoms with Gasteiger partial charge in [0.2, 0.25) is 6.79 Å². The van der Waals surface area contributed by atoms with Gasteiger partial charge in [-0.05, 0) is 38.5 Å². The van der Waals surface area contributed by atoms with Crippen LogP contribution in [0.1, 0.15) is 20.8 Å². The lowest BCUT2D eigenvalue weighted by Gasteiger charge is -2.55. The van der Waals surface area contributed by atoms with Gasteiger partial charge < -0.3 is 29.1 Å². The lowest BCUT2D eigenvalue weighted by molar-refractivity contribution is -0.194. The Balaban J connectivity index is 1.64. The Bertz CT molecular complexity index is 1060. The van der Waals surface area contributed by atoms with E-state index in [0.29, 0.717) is 23.4 Å². The third-order valence-corrected chi connectivity index (χ3v) is 6.83. The number of para-hydroxylation sites is 1. The van der Waals surface area contributed by atoms with Crippen LogP contribution in [0.15, 0.2) is 41.6 Å². The minimum absolute atomic E-state index is 0.0214. The first-order chi connectivity index (χ1) is 16.6. The molecule has 0 bridgehead atoms. The molecule has 11 nitrogen and oxygen atoms in total. The van der Waals surface area contributed by atoms with Crippen LogP contribution in [0.4, 0.5) is 0 Å². The van der Waals surface area contributed by atoms with Crippen LogP contribution in [0.5, 0.6) is 5.75 Å². The van der Waals surface area contributed by atoms with Gasteiger partial charge in [0, 0.05) is 12.9 Å². The molecule has 12 heteroatoms. The molecule has 2 amide bonds. The van der Waals surface area contributed by atoms with Crippen LogP contribution in [0.25, 0.3) is 0 Å². The van der Waals surface area contributed by atoms with Gasteiger partial charge in [0.15, 0.2) is 6.61 Å². The van der Waals surface area contributed by atoms with Crippen molar-refractivity contribution in [3.05, 3.63) is 41.6 Å². The molecule has 1 unspecified atom stereocenters. The summed E-state index contributed by atoms with van der Waals surface area (Å²) in [5.74, 6) is -2.13. The zero-order valence-electron chi connectivity index (χ0n) is 19.7. The highest BCUT2D eigenvalue weighted by molar-refractivity contribution is 8.00. The van der Waals surface area contributed by atoms with Gasteiger partial charge in [0.25, 0.3) is 17.5 Å². The number of ether oxygens (including phenoxy) is 4. The summed E-state index contributed by atoms with van der Waals surface area (Å²) in [7, 11) is 1.28. The maximum Gasteiger partial charge on any atom is 0.357 e. The number of rotatable bonds is 10. The van der Waals surface area contributed by atoms with E-state index in [1.54, 1.807) is 31.2 Å². The highest BCUT2D eigenvalue weighted by atomic mass is 32.2. The van der Waals surface area contributed by atoms with Crippen molar-refractivity contribution >= 4 is 41.8 Å². The number of methoxy groups -OCH3 is 1. The number of β-lactam (4-membered cyclic amide) rings is 1. The van der Waals surface area contributed by atoms with Gasteiger partial charge in [0.1, 0.15) is 28.5 Å². The summed E-state index contributed by atoms with van der Waals surface area (Å²) >= 11 is 1.30. The second kappa shape index (κ2) is 10.5. The predicted octanol–water partition coefficient (Wildman–Crippen LogP) is 0.982. The molecule has 0 aliphatic carbocycles. The van der Waals surface area contributed by atoms with Gasteiger partial charge in [-0.25, -0.2) is 4.79 Å². The Morgan fingerprint density at radius 1 is 1.23 bits per heavy atom. The molecule has 2 aliphatic rings. The molecule has 0 saturated carbocycles. The second-order valence-electron chi connectivity index (χ2n) is 8.38. The minimum Gasteiger partial charge on any atom is -0.484 e. The zero-order chi connectivity index (χ0) is 25.8. The molecule has 188 valence electrons. The van der Waals surface area contributed by atoms with Crippen LogP contribution in [-0.2, 0) is 38.2 Å². The van der Waals surface area contributed by atoms with Crippen molar-refractivity contribution in [2.75, 3.05) is 26.3 Å². The van der Waals surface area contributed by atoms with Gasteiger partial charge in [-0.15, -0.1) is 11.8 Å². The fraction of sp³-hybridized carbons (Fsp3) is 0.435. The summed E-state index contributed by atoms with van der Waals surface area (Å²) in [5.41, 5.74) is -2.53. The molecule has 1 aromatic carbocycles. The third kappa shape index (κ3) is 5.17. The van der Waals surface area contributed by atoms with Crippen LogP contribution in [0, 0.1) is 5.41 Å². The Kier molecular flexibility index (Phi) is 7.86. The number of carbonyl (C=O) groups excluding carboxylic acids is 5. The number of benzene rings is 1. The quantitative estimate of drug-likeness (QED) is 0.161. The Morgan fingerprint density at radius 2 is 1.91 bits per heavy atom. The molecule has 3 rings (SSSR count). The summed E-state index contributed by atoms with van der Waals surface area (Å²) < 4.78 is 20.7. The van der Waals surface area contributed by atoms with E-state index in [1.165, 1.54) is 37.6 Å². The van der Waals surface area contributed by atoms with Crippen molar-refractivity contribution in [3.8, 4) is 5.75 Å². The Labute approximate surface area is 206 Å². The van der Waals surface area contributed by atoms with Gasteiger partial charge in [-0.3, -0.25) is 19.3 Å². The van der Waals surface area contributed by atoms with Crippen molar-refractivity contribution < 1.29 is 42.9 Å². The van der Waals surface area contributed by atoms with Crippen molar-refractivity contribution in [2.24, 2.45) is 5.41 Å². The molecule has 1 saturated heterocycles. The number of nitrogens with zero attached hydrogens (tertiary/aromatic N) is 1. The summed E-state index contributed by atoms with van der Waals surface area (Å²) in [5, 5.41) is 1.85. The molecule has 2 heterocycles. The number of carbonyl (C=O) groups is 5. The number of nitrogens with one attached hydrogen (secondary N) is 1. The highest BCUT2D eigenvalue weighted by Crippen LogP contribution is 2.46. The van der Waals surface area contributed by atoms with E-state index in [-0.39, 0.29) is 12.3 Å². The minimum atomic E-state index is -1.69. The van der Waals surface area contributed by atoms with E-state index >= 15 is 0 Å². The fourth-order valence-electron chi connectivity index (χ4n) is 3.37. The van der Waals surface area contributed by atoms with Crippen molar-refractivity contribution in [1.29, 1.82) is 0 Å². The van der Waals surface area contributed by atoms with E-state index < -0.39 is 47.1 Å². The van der Waals surface area contributed by atoms with Crippen LogP contribution in [0.3, 0.4) is 0 Å². The molecular formula is C23H26N2O9S. The average molecular weight is 507 g/mol. The normalized spacial score (nSPS) is 21.4. The van der Waals surface area contributed by atoms with Crippen molar-refractivity contribution in [1.82, 2.24) is 10.2 Å². The first-order valence-electron chi connectivity index (χ1n) is 10.6. The standard InChI is InChI=1S/C23H26N2O9S/c1-14-11-35-20-23(31-4,24-16(27)10-32-15-8-6-5-7-9-15)19(29)25(20)17(14)18(28)33-13-34-21(30)22(2,3)12-26/h5-9,12,20H,10-11,13H2,1-4H3,(H,24,27)/t20-,23?/m0/s1. The Hall–Kier alpha value is -3.38. The second-order valence-corrected chi connectivity index (χ2v) is 9.45. The largest absolute Gasteiger partial charge is 0.484 e. The molecule has 1 aromatic rings. The molecule has 1 N–H and O–H groups in total. The van der Waals surface area contributed by atoms with E-state index in [1.807, 2.05) is 6.07 Å². The molecule has 0 spiro atoms. The first-order valence-corrected chi connectivity index (χ1v) is 11.6. The first kappa shape index (κ1) is 26.2. The smallest absolute Gasteiger partial charge is 0.357 e. The van der Waals surface area contributed by atoms with Crippen LogP contribution in [-0.4, -0.2) is 72.3 Å². The van der Waals surface area contributed by atoms with Crippen LogP contribution >= 0.6 is 11.8 Å². The number of amides is 2. The van der Waals surface area contributed by atoms with Gasteiger partial charge in [-0.1, -0.05) is 18.2 Å². The van der Waals surface area contributed by atoms with Gasteiger partial charge in [-0.2, -0.15) is 0 Å². The lowest BCUT2D eigenvalue weighted by Crippen LogP contribution is -2.80. The maximum absolute atomic E-state index is 13.1. The molecule has 2 aliphatic heterocycles. The van der Waals surface area contributed by atoms with E-state index in [4.69, 9.17) is 18.9 Å². The topological polar surface area (TPSA) is 138 Å². The summed E-state index contributed by atoms with van der Waals surface area (Å²) in [6.45, 7) is 3.32. The van der Waals surface area contributed by atoms with Gasteiger partial charge in [0.05, 0.1) is 0 Å². The van der Waals surface area contributed by atoms with Gasteiger partial charge >= 0.3 is 11.9 Å². The maximum atomic E-state index is 13.1. The van der Waals surface area contributed by atoms with Crippen molar-refractivity contribution in [2.45, 2.75) is 31.9 Å².